The van der Waals surface area contributed by atoms with Gasteiger partial charge in [-0.15, -0.1) is 0 Å². The van der Waals surface area contributed by atoms with Crippen LogP contribution >= 0.6 is 0 Å². The summed E-state index contributed by atoms with van der Waals surface area (Å²) in [4.78, 5) is 23.5. The summed E-state index contributed by atoms with van der Waals surface area (Å²) < 4.78 is 5.25. The van der Waals surface area contributed by atoms with Gasteiger partial charge in [0.05, 0.1) is 11.8 Å². The first-order valence-corrected chi connectivity index (χ1v) is 6.38. The Kier molecular flexibility index (Phi) is 2.99. The molecule has 1 N–H and O–H groups in total. The van der Waals surface area contributed by atoms with Crippen molar-refractivity contribution in [2.75, 3.05) is 0 Å². The number of carboxylic acid groups (broad SMARTS) is 1. The van der Waals surface area contributed by atoms with E-state index in [9.17, 15) is 14.7 Å². The number of rotatable bonds is 3. The number of ether oxygens (including phenoxy) is 1. The fourth-order valence-electron chi connectivity index (χ4n) is 3.07. The van der Waals surface area contributed by atoms with Crippen molar-refractivity contribution in [2.45, 2.75) is 52.1 Å². The Balaban J connectivity index is 2.14. The summed E-state index contributed by atoms with van der Waals surface area (Å²) in [6.07, 6.45) is 4.32. The molecule has 18 heavy (non-hydrogen) atoms. The third-order valence-corrected chi connectivity index (χ3v) is 3.73. The first-order chi connectivity index (χ1) is 8.23. The molecule has 2 aliphatic carbocycles. The molecule has 2 rings (SSSR count). The van der Waals surface area contributed by atoms with Gasteiger partial charge in [0.25, 0.3) is 0 Å². The minimum Gasteiger partial charge on any atom is -0.481 e. The van der Waals surface area contributed by atoms with E-state index in [0.717, 1.165) is 18.4 Å². The summed E-state index contributed by atoms with van der Waals surface area (Å²) in [5, 5.41) is 9.48. The lowest BCUT2D eigenvalue weighted by Gasteiger charge is -2.29. The number of carboxylic acids is 1. The average molecular weight is 252 g/mol. The van der Waals surface area contributed by atoms with E-state index in [4.69, 9.17) is 4.74 Å². The molecule has 100 valence electrons. The van der Waals surface area contributed by atoms with Gasteiger partial charge in [-0.05, 0) is 46.0 Å². The molecule has 2 unspecified atom stereocenters. The molecule has 0 aliphatic heterocycles. The van der Waals surface area contributed by atoms with E-state index >= 15 is 0 Å². The number of carbonyl (C=O) groups excluding carboxylic acids is 1. The van der Waals surface area contributed by atoms with E-state index in [1.807, 2.05) is 6.08 Å². The van der Waals surface area contributed by atoms with E-state index < -0.39 is 23.0 Å². The van der Waals surface area contributed by atoms with Crippen molar-refractivity contribution >= 4 is 11.9 Å². The summed E-state index contributed by atoms with van der Waals surface area (Å²) >= 11 is 0. The standard InChI is InChI=1S/C14H20O4/c1-13(2,3)18-11(15)8-14(12(16)17)7-9-4-5-10(14)6-9/h5,9H,4,6-8H2,1-3H3,(H,16,17). The second-order valence-electron chi connectivity index (χ2n) is 6.39. The zero-order valence-electron chi connectivity index (χ0n) is 11.2. The maximum absolute atomic E-state index is 11.9. The van der Waals surface area contributed by atoms with Crippen molar-refractivity contribution < 1.29 is 19.4 Å². The Hall–Kier alpha value is -1.32. The molecular weight excluding hydrogens is 232 g/mol. The fourth-order valence-corrected chi connectivity index (χ4v) is 3.07. The Bertz CT molecular complexity index is 416. The molecule has 4 heteroatoms. The molecule has 0 aromatic rings. The maximum atomic E-state index is 11.9. The van der Waals surface area contributed by atoms with Gasteiger partial charge in [0.2, 0.25) is 0 Å². The van der Waals surface area contributed by atoms with Gasteiger partial charge in [-0.3, -0.25) is 9.59 Å². The number of hydrogen-bond acceptors (Lipinski definition) is 3. The van der Waals surface area contributed by atoms with Gasteiger partial charge in [-0.2, -0.15) is 0 Å². The smallest absolute Gasteiger partial charge is 0.314 e. The van der Waals surface area contributed by atoms with Crippen LogP contribution in [0.1, 0.15) is 46.5 Å². The highest BCUT2D eigenvalue weighted by atomic mass is 16.6. The second kappa shape index (κ2) is 4.11. The Morgan fingerprint density at radius 1 is 1.50 bits per heavy atom. The predicted molar refractivity (Wildman–Crippen MR) is 66.0 cm³/mol. The molecule has 1 saturated carbocycles. The van der Waals surface area contributed by atoms with Crippen molar-refractivity contribution in [1.29, 1.82) is 0 Å². The van der Waals surface area contributed by atoms with Gasteiger partial charge >= 0.3 is 11.9 Å². The van der Waals surface area contributed by atoms with Crippen LogP contribution in [0.3, 0.4) is 0 Å². The normalized spacial score (nSPS) is 30.2. The molecule has 0 saturated heterocycles. The SMILES string of the molecule is CC(C)(C)OC(=O)CC1(C(=O)O)CC2CC=C1C2. The molecular formula is C14H20O4. The molecule has 0 spiro atoms. The predicted octanol–water partition coefficient (Wildman–Crippen LogP) is 2.53. The average Bonchev–Trinajstić information content (AvgIpc) is 2.73. The Morgan fingerprint density at radius 3 is 2.56 bits per heavy atom. The minimum absolute atomic E-state index is 0.0397. The first-order valence-electron chi connectivity index (χ1n) is 6.38. The summed E-state index contributed by atoms with van der Waals surface area (Å²) in [5.74, 6) is -0.904. The molecule has 0 aromatic heterocycles. The van der Waals surface area contributed by atoms with Crippen LogP contribution in [-0.4, -0.2) is 22.6 Å². The molecule has 0 amide bonds. The lowest BCUT2D eigenvalue weighted by molar-refractivity contribution is -0.163. The van der Waals surface area contributed by atoms with Gasteiger partial charge in [0.15, 0.2) is 0 Å². The zero-order valence-corrected chi connectivity index (χ0v) is 11.2. The largest absolute Gasteiger partial charge is 0.481 e. The maximum Gasteiger partial charge on any atom is 0.314 e. The van der Waals surface area contributed by atoms with Crippen LogP contribution in [0, 0.1) is 11.3 Å². The fraction of sp³-hybridized carbons (Fsp3) is 0.714. The van der Waals surface area contributed by atoms with Gasteiger partial charge < -0.3 is 9.84 Å². The quantitative estimate of drug-likeness (QED) is 0.619. The minimum atomic E-state index is -0.995. The van der Waals surface area contributed by atoms with E-state index in [-0.39, 0.29) is 6.42 Å². The molecule has 0 radical (unpaired) electrons. The van der Waals surface area contributed by atoms with Crippen LogP contribution in [0.4, 0.5) is 0 Å². The Labute approximate surface area is 107 Å². The van der Waals surface area contributed by atoms with E-state index in [1.165, 1.54) is 0 Å². The third-order valence-electron chi connectivity index (χ3n) is 3.73. The third kappa shape index (κ3) is 2.28. The van der Waals surface area contributed by atoms with E-state index in [1.54, 1.807) is 20.8 Å². The summed E-state index contributed by atoms with van der Waals surface area (Å²) in [6.45, 7) is 5.37. The highest BCUT2D eigenvalue weighted by Crippen LogP contribution is 2.54. The molecule has 2 bridgehead atoms. The zero-order chi connectivity index (χ0) is 13.6. The Morgan fingerprint density at radius 2 is 2.17 bits per heavy atom. The van der Waals surface area contributed by atoms with Gasteiger partial charge in [0.1, 0.15) is 5.60 Å². The van der Waals surface area contributed by atoms with Crippen LogP contribution in [-0.2, 0) is 14.3 Å². The van der Waals surface area contributed by atoms with Crippen molar-refractivity contribution in [3.63, 3.8) is 0 Å². The highest BCUT2D eigenvalue weighted by molar-refractivity contribution is 5.86. The lowest BCUT2D eigenvalue weighted by atomic mass is 9.76. The van der Waals surface area contributed by atoms with Crippen molar-refractivity contribution in [3.8, 4) is 0 Å². The highest BCUT2D eigenvalue weighted by Gasteiger charge is 2.53. The van der Waals surface area contributed by atoms with Gasteiger partial charge in [-0.1, -0.05) is 11.6 Å². The molecule has 2 atom stereocenters. The number of aliphatic carboxylic acids is 1. The van der Waals surface area contributed by atoms with Crippen molar-refractivity contribution in [3.05, 3.63) is 11.6 Å². The van der Waals surface area contributed by atoms with Crippen LogP contribution in [0.5, 0.6) is 0 Å². The first kappa shape index (κ1) is 13.1. The van der Waals surface area contributed by atoms with E-state index in [2.05, 4.69) is 0 Å². The summed E-state index contributed by atoms with van der Waals surface area (Å²) in [7, 11) is 0. The monoisotopic (exact) mass is 252 g/mol. The molecule has 2 aliphatic rings. The number of esters is 1. The van der Waals surface area contributed by atoms with E-state index in [0.29, 0.717) is 12.3 Å². The van der Waals surface area contributed by atoms with Crippen molar-refractivity contribution in [1.82, 2.24) is 0 Å². The molecule has 0 heterocycles. The number of fused-ring (bicyclic) bond motifs is 2. The number of allylic oxidation sites excluding steroid dienone is 1. The molecule has 1 fully saturated rings. The number of hydrogen-bond donors (Lipinski definition) is 1. The van der Waals surface area contributed by atoms with Crippen LogP contribution < -0.4 is 0 Å². The van der Waals surface area contributed by atoms with Gasteiger partial charge in [0, 0.05) is 0 Å². The van der Waals surface area contributed by atoms with Crippen LogP contribution in [0.2, 0.25) is 0 Å². The number of carbonyl (C=O) groups is 2. The topological polar surface area (TPSA) is 63.6 Å². The van der Waals surface area contributed by atoms with Gasteiger partial charge in [-0.25, -0.2) is 0 Å². The van der Waals surface area contributed by atoms with Crippen LogP contribution in [0.25, 0.3) is 0 Å². The van der Waals surface area contributed by atoms with Crippen LogP contribution in [0.15, 0.2) is 11.6 Å². The van der Waals surface area contributed by atoms with Crippen molar-refractivity contribution in [2.24, 2.45) is 11.3 Å². The lowest BCUT2D eigenvalue weighted by Crippen LogP contribution is -2.36. The molecule has 0 aromatic carbocycles. The summed E-state index contributed by atoms with van der Waals surface area (Å²) in [5.41, 5.74) is -0.639. The summed E-state index contributed by atoms with van der Waals surface area (Å²) in [6, 6.07) is 0. The second-order valence-corrected chi connectivity index (χ2v) is 6.39. The molecule has 4 nitrogen and oxygen atoms in total.